The zero-order valence-electron chi connectivity index (χ0n) is 17.8. The number of carbonyl (C=O) groups is 1. The molecule has 0 aliphatic rings. The monoisotopic (exact) mass is 431 g/mol. The first-order valence-electron chi connectivity index (χ1n) is 10.0. The first kappa shape index (κ1) is 19.7. The summed E-state index contributed by atoms with van der Waals surface area (Å²) in [6.45, 7) is 5.93. The molecule has 10 nitrogen and oxygen atoms in total. The molecule has 162 valence electrons. The van der Waals surface area contributed by atoms with Gasteiger partial charge < -0.3 is 14.9 Å². The molecule has 0 spiro atoms. The molecule has 0 saturated heterocycles. The van der Waals surface area contributed by atoms with E-state index < -0.39 is 11.7 Å². The van der Waals surface area contributed by atoms with Crippen LogP contribution in [0.3, 0.4) is 0 Å². The van der Waals surface area contributed by atoms with E-state index in [2.05, 4.69) is 20.3 Å². The van der Waals surface area contributed by atoms with Gasteiger partial charge in [0.2, 0.25) is 5.95 Å². The van der Waals surface area contributed by atoms with Crippen LogP contribution in [0.2, 0.25) is 0 Å². The van der Waals surface area contributed by atoms with Crippen molar-refractivity contribution in [3.05, 3.63) is 54.4 Å². The van der Waals surface area contributed by atoms with Crippen molar-refractivity contribution < 1.29 is 13.9 Å². The number of ether oxygens (including phenoxy) is 1. The van der Waals surface area contributed by atoms with Crippen molar-refractivity contribution in [3.63, 3.8) is 0 Å². The second kappa shape index (κ2) is 7.19. The maximum Gasteiger partial charge on any atom is 0.418 e. The van der Waals surface area contributed by atoms with Gasteiger partial charge in [0.15, 0.2) is 16.9 Å². The topological polar surface area (TPSA) is 127 Å². The summed E-state index contributed by atoms with van der Waals surface area (Å²) in [6.07, 6.45) is 2.85. The Bertz CT molecular complexity index is 1440. The number of furan rings is 1. The molecule has 4 aromatic heterocycles. The molecule has 5 rings (SSSR count). The summed E-state index contributed by atoms with van der Waals surface area (Å²) in [7, 11) is 0. The molecule has 32 heavy (non-hydrogen) atoms. The van der Waals surface area contributed by atoms with Crippen molar-refractivity contribution >= 4 is 34.1 Å². The molecule has 0 radical (unpaired) electrons. The van der Waals surface area contributed by atoms with Crippen LogP contribution in [-0.2, 0) is 11.3 Å². The lowest BCUT2D eigenvalue weighted by Gasteiger charge is -2.19. The quantitative estimate of drug-likeness (QED) is 0.456. The molecule has 0 fully saturated rings. The number of carbonyl (C=O) groups excluding carboxylic acids is 1. The van der Waals surface area contributed by atoms with Crippen LogP contribution >= 0.6 is 0 Å². The third kappa shape index (κ3) is 3.55. The molecular weight excluding hydrogens is 410 g/mol. The maximum atomic E-state index is 12.5. The normalized spacial score (nSPS) is 12.0. The van der Waals surface area contributed by atoms with Crippen LogP contribution < -0.4 is 5.73 Å². The van der Waals surface area contributed by atoms with E-state index in [1.165, 1.54) is 4.57 Å². The number of rotatable bonds is 3. The van der Waals surface area contributed by atoms with Crippen LogP contribution in [0.5, 0.6) is 0 Å². The van der Waals surface area contributed by atoms with E-state index in [1.807, 2.05) is 45.0 Å². The van der Waals surface area contributed by atoms with E-state index in [0.29, 0.717) is 29.2 Å². The number of anilines is 1. The first-order chi connectivity index (χ1) is 15.3. The highest BCUT2D eigenvalue weighted by Crippen LogP contribution is 2.26. The minimum atomic E-state index is -0.569. The molecular formula is C22H21N7O3. The zero-order valence-corrected chi connectivity index (χ0v) is 17.8. The lowest BCUT2D eigenvalue weighted by atomic mass is 10.1. The van der Waals surface area contributed by atoms with Gasteiger partial charge in [-0.2, -0.15) is 4.98 Å². The number of hydrogen-bond donors (Lipinski definition) is 1. The molecule has 0 unspecified atom stereocenters. The predicted molar refractivity (Wildman–Crippen MR) is 118 cm³/mol. The highest BCUT2D eigenvalue weighted by atomic mass is 16.6. The Hall–Kier alpha value is -4.21. The van der Waals surface area contributed by atoms with E-state index in [1.54, 1.807) is 29.3 Å². The number of nitrogen functional groups attached to an aromatic ring is 1. The summed E-state index contributed by atoms with van der Waals surface area (Å²) in [4.78, 5) is 21.1. The third-order valence-electron chi connectivity index (χ3n) is 4.81. The minimum Gasteiger partial charge on any atom is -0.463 e. The first-order valence-corrected chi connectivity index (χ1v) is 10.0. The van der Waals surface area contributed by atoms with E-state index in [-0.39, 0.29) is 5.95 Å². The van der Waals surface area contributed by atoms with E-state index in [9.17, 15) is 4.79 Å². The van der Waals surface area contributed by atoms with Crippen LogP contribution in [-0.4, -0.2) is 41.2 Å². The third-order valence-corrected chi connectivity index (χ3v) is 4.81. The molecule has 10 heteroatoms. The molecule has 0 amide bonds. The van der Waals surface area contributed by atoms with Gasteiger partial charge in [0.05, 0.1) is 18.3 Å². The lowest BCUT2D eigenvalue weighted by molar-refractivity contribution is 0.0544. The summed E-state index contributed by atoms with van der Waals surface area (Å²) in [5, 5.41) is 9.39. The summed E-state index contributed by atoms with van der Waals surface area (Å²) >= 11 is 0. The highest BCUT2D eigenvalue weighted by molar-refractivity contribution is 5.90. The van der Waals surface area contributed by atoms with Crippen LogP contribution in [0.4, 0.5) is 10.7 Å². The van der Waals surface area contributed by atoms with Gasteiger partial charge in [-0.25, -0.2) is 14.5 Å². The Morgan fingerprint density at radius 1 is 1.19 bits per heavy atom. The Morgan fingerprint density at radius 2 is 2.03 bits per heavy atom. The lowest BCUT2D eigenvalue weighted by Crippen LogP contribution is -2.26. The number of nitrogens with two attached hydrogens (primary N) is 1. The van der Waals surface area contributed by atoms with Crippen LogP contribution in [0.15, 0.2) is 53.3 Å². The average Bonchev–Trinajstić information content (AvgIpc) is 3.46. The smallest absolute Gasteiger partial charge is 0.418 e. The van der Waals surface area contributed by atoms with Crippen LogP contribution in [0, 0.1) is 0 Å². The molecule has 0 saturated carbocycles. The summed E-state index contributed by atoms with van der Waals surface area (Å²) < 4.78 is 14.1. The SMILES string of the molecule is CC(C)(C)OC(=O)n1ccc2cc(Cn3nnc4c(-c5ccco5)nc(N)nc43)ccc21. The summed E-state index contributed by atoms with van der Waals surface area (Å²) in [5.74, 6) is 0.651. The van der Waals surface area contributed by atoms with Crippen LogP contribution in [0.1, 0.15) is 26.3 Å². The summed E-state index contributed by atoms with van der Waals surface area (Å²) in [5.41, 5.74) is 8.59. The molecule has 4 heterocycles. The average molecular weight is 431 g/mol. The van der Waals surface area contributed by atoms with Gasteiger partial charge in [0, 0.05) is 11.6 Å². The number of aromatic nitrogens is 6. The maximum absolute atomic E-state index is 12.5. The second-order valence-electron chi connectivity index (χ2n) is 8.39. The fourth-order valence-corrected chi connectivity index (χ4v) is 3.50. The van der Waals surface area contributed by atoms with Gasteiger partial charge in [-0.05, 0) is 56.7 Å². The van der Waals surface area contributed by atoms with Crippen molar-refractivity contribution in [2.75, 3.05) is 5.73 Å². The Kier molecular flexibility index (Phi) is 4.43. The Balaban J connectivity index is 1.48. The number of fused-ring (bicyclic) bond motifs is 2. The van der Waals surface area contributed by atoms with Crippen molar-refractivity contribution in [1.82, 2.24) is 29.5 Å². The van der Waals surface area contributed by atoms with Gasteiger partial charge in [0.25, 0.3) is 0 Å². The molecule has 0 aliphatic heterocycles. The van der Waals surface area contributed by atoms with Crippen molar-refractivity contribution in [1.29, 1.82) is 0 Å². The molecule has 5 aromatic rings. The van der Waals surface area contributed by atoms with Gasteiger partial charge in [-0.1, -0.05) is 11.3 Å². The van der Waals surface area contributed by atoms with Gasteiger partial charge in [-0.15, -0.1) is 5.10 Å². The Labute approximate surface area is 182 Å². The molecule has 0 atom stereocenters. The van der Waals surface area contributed by atoms with Crippen molar-refractivity contribution in [3.8, 4) is 11.5 Å². The fraction of sp³-hybridized carbons (Fsp3) is 0.227. The largest absolute Gasteiger partial charge is 0.463 e. The Morgan fingerprint density at radius 3 is 2.78 bits per heavy atom. The molecule has 1 aromatic carbocycles. The highest BCUT2D eigenvalue weighted by Gasteiger charge is 2.20. The predicted octanol–water partition coefficient (Wildman–Crippen LogP) is 3.85. The number of nitrogens with zero attached hydrogens (tertiary/aromatic N) is 6. The van der Waals surface area contributed by atoms with Crippen molar-refractivity contribution in [2.45, 2.75) is 32.9 Å². The fourth-order valence-electron chi connectivity index (χ4n) is 3.50. The van der Waals surface area contributed by atoms with Gasteiger partial charge in [0.1, 0.15) is 11.3 Å². The van der Waals surface area contributed by atoms with Crippen molar-refractivity contribution in [2.24, 2.45) is 0 Å². The summed E-state index contributed by atoms with van der Waals surface area (Å²) in [6, 6.07) is 11.2. The van der Waals surface area contributed by atoms with Gasteiger partial charge >= 0.3 is 6.09 Å². The van der Waals surface area contributed by atoms with E-state index >= 15 is 0 Å². The van der Waals surface area contributed by atoms with E-state index in [0.717, 1.165) is 16.5 Å². The zero-order chi connectivity index (χ0) is 22.5. The molecule has 0 bridgehead atoms. The molecule has 2 N–H and O–H groups in total. The van der Waals surface area contributed by atoms with Crippen LogP contribution in [0.25, 0.3) is 33.5 Å². The van der Waals surface area contributed by atoms with Gasteiger partial charge in [-0.3, -0.25) is 4.57 Å². The number of benzene rings is 1. The minimum absolute atomic E-state index is 0.109. The van der Waals surface area contributed by atoms with E-state index in [4.69, 9.17) is 14.9 Å². The second-order valence-corrected chi connectivity index (χ2v) is 8.39. The standard InChI is InChI=1S/C22H21N7O3/c1-22(2,3)32-21(30)28-9-8-14-11-13(6-7-15(14)28)12-29-19-18(26-27-29)17(24-20(23)25-19)16-5-4-10-31-16/h4-11H,12H2,1-3H3,(H2,23,24,25). The molecule has 0 aliphatic carbocycles. The number of hydrogen-bond acceptors (Lipinski definition) is 8.